The molecule has 0 heterocycles. The fourth-order valence-electron chi connectivity index (χ4n) is 12.4. The van der Waals surface area contributed by atoms with Crippen LogP contribution in [0.25, 0.3) is 0 Å². The Morgan fingerprint density at radius 2 is 0.882 bits per heavy atom. The highest BCUT2D eigenvalue weighted by Crippen LogP contribution is 2.63. The van der Waals surface area contributed by atoms with E-state index in [2.05, 4.69) is 12.2 Å². The van der Waals surface area contributed by atoms with Crippen LogP contribution in [-0.4, -0.2) is 0 Å². The van der Waals surface area contributed by atoms with Crippen LogP contribution in [0.4, 0.5) is 0 Å². The number of allylic oxidation sites excluding steroid dienone is 2. The Labute approximate surface area is 211 Å². The van der Waals surface area contributed by atoms with Crippen molar-refractivity contribution in [1.29, 1.82) is 0 Å². The molecule has 6 fully saturated rings. The Bertz CT molecular complexity index is 696. The molecule has 10 unspecified atom stereocenters. The first kappa shape index (κ1) is 22.9. The van der Waals surface area contributed by atoms with Crippen LogP contribution in [0.3, 0.4) is 0 Å². The molecule has 7 aliphatic rings. The van der Waals surface area contributed by atoms with Gasteiger partial charge in [-0.15, -0.1) is 0 Å². The van der Waals surface area contributed by atoms with Gasteiger partial charge in [-0.3, -0.25) is 0 Å². The lowest BCUT2D eigenvalue weighted by atomic mass is 9.44. The third kappa shape index (κ3) is 4.08. The summed E-state index contributed by atoms with van der Waals surface area (Å²) in [6.07, 6.45) is 36.8. The maximum absolute atomic E-state index is 2.69. The molecule has 0 heteroatoms. The molecule has 0 radical (unpaired) electrons. The summed E-state index contributed by atoms with van der Waals surface area (Å²) >= 11 is 0. The molecule has 190 valence electrons. The predicted molar refractivity (Wildman–Crippen MR) is 143 cm³/mol. The van der Waals surface area contributed by atoms with Crippen molar-refractivity contribution in [3.05, 3.63) is 12.2 Å². The Kier molecular flexibility index (Phi) is 6.66. The van der Waals surface area contributed by atoms with E-state index in [0.29, 0.717) is 0 Å². The molecular formula is C34H54. The molecule has 0 aromatic carbocycles. The molecule has 7 rings (SSSR count). The molecule has 7 aliphatic carbocycles. The zero-order valence-corrected chi connectivity index (χ0v) is 22.2. The standard InChI is InChI=1S/C34H54/c1-3-11-25-21-27(19-17-23(25)9-1)33-29-13-5-7-15-31(29)34(32-16-8-6-14-30(32)33)28-20-18-24-10-2-4-12-26(24)22-28/h3,11,23-34H,1-2,4-10,12-22H2. The van der Waals surface area contributed by atoms with Crippen LogP contribution in [0, 0.1) is 71.0 Å². The van der Waals surface area contributed by atoms with Crippen molar-refractivity contribution in [2.24, 2.45) is 71.0 Å². The maximum Gasteiger partial charge on any atom is -0.0202 e. The summed E-state index contributed by atoms with van der Waals surface area (Å²) < 4.78 is 0. The molecule has 6 saturated carbocycles. The topological polar surface area (TPSA) is 0 Å². The van der Waals surface area contributed by atoms with E-state index < -0.39 is 0 Å². The van der Waals surface area contributed by atoms with Gasteiger partial charge in [-0.1, -0.05) is 63.5 Å². The summed E-state index contributed by atoms with van der Waals surface area (Å²) in [7, 11) is 0. The molecule has 10 atom stereocenters. The first-order valence-electron chi connectivity index (χ1n) is 16.5. The van der Waals surface area contributed by atoms with Crippen molar-refractivity contribution >= 4 is 0 Å². The normalized spacial score (nSPS) is 53.2. The summed E-state index contributed by atoms with van der Waals surface area (Å²) in [6, 6.07) is 0. The summed E-state index contributed by atoms with van der Waals surface area (Å²) in [5.41, 5.74) is 0. The van der Waals surface area contributed by atoms with Gasteiger partial charge in [-0.05, 0) is 148 Å². The average molecular weight is 463 g/mol. The largest absolute Gasteiger partial charge is 0.0882 e. The van der Waals surface area contributed by atoms with Gasteiger partial charge < -0.3 is 0 Å². The zero-order valence-electron chi connectivity index (χ0n) is 22.2. The summed E-state index contributed by atoms with van der Waals surface area (Å²) in [5.74, 6) is 13.2. The molecule has 0 aromatic rings. The van der Waals surface area contributed by atoms with Crippen molar-refractivity contribution in [1.82, 2.24) is 0 Å². The molecule has 0 aromatic heterocycles. The van der Waals surface area contributed by atoms with Crippen LogP contribution in [0.2, 0.25) is 0 Å². The van der Waals surface area contributed by atoms with Gasteiger partial charge in [0.2, 0.25) is 0 Å². The Balaban J connectivity index is 1.17. The van der Waals surface area contributed by atoms with Gasteiger partial charge in [0.05, 0.1) is 0 Å². The monoisotopic (exact) mass is 462 g/mol. The number of rotatable bonds is 2. The minimum Gasteiger partial charge on any atom is -0.0882 e. The third-order valence-corrected chi connectivity index (χ3v) is 13.6. The predicted octanol–water partition coefficient (Wildman–Crippen LogP) is 9.83. The van der Waals surface area contributed by atoms with E-state index in [4.69, 9.17) is 0 Å². The van der Waals surface area contributed by atoms with Gasteiger partial charge in [0.1, 0.15) is 0 Å². The van der Waals surface area contributed by atoms with Gasteiger partial charge in [-0.25, -0.2) is 0 Å². The van der Waals surface area contributed by atoms with E-state index in [1.165, 1.54) is 12.8 Å². The second-order valence-corrected chi connectivity index (χ2v) is 14.8. The molecule has 0 spiro atoms. The second-order valence-electron chi connectivity index (χ2n) is 14.8. The highest BCUT2D eigenvalue weighted by molar-refractivity contribution is 5.07. The molecular weight excluding hydrogens is 408 g/mol. The third-order valence-electron chi connectivity index (χ3n) is 13.6. The van der Waals surface area contributed by atoms with Crippen LogP contribution in [0.15, 0.2) is 12.2 Å². The average Bonchev–Trinajstić information content (AvgIpc) is 2.91. The smallest absolute Gasteiger partial charge is 0.0202 e. The van der Waals surface area contributed by atoms with Crippen LogP contribution < -0.4 is 0 Å². The quantitative estimate of drug-likeness (QED) is 0.358. The van der Waals surface area contributed by atoms with Gasteiger partial charge in [0, 0.05) is 0 Å². The summed E-state index contributed by atoms with van der Waals surface area (Å²) in [4.78, 5) is 0. The lowest BCUT2D eigenvalue weighted by Crippen LogP contribution is -2.54. The SMILES string of the molecule is C1=CC2CC(C3C4CCCCC4C(C4CCC5CCCCC5C4)C4CCCCC43)CCC2CC1. The van der Waals surface area contributed by atoms with E-state index in [1.807, 2.05) is 0 Å². The van der Waals surface area contributed by atoms with Crippen molar-refractivity contribution < 1.29 is 0 Å². The highest BCUT2D eigenvalue weighted by atomic mass is 14.6. The van der Waals surface area contributed by atoms with Crippen LogP contribution in [0.1, 0.15) is 128 Å². The van der Waals surface area contributed by atoms with E-state index >= 15 is 0 Å². The molecule has 0 aliphatic heterocycles. The minimum absolute atomic E-state index is 0.955. The molecule has 0 N–H and O–H groups in total. The van der Waals surface area contributed by atoms with Crippen molar-refractivity contribution in [2.75, 3.05) is 0 Å². The summed E-state index contributed by atoms with van der Waals surface area (Å²) in [5, 5.41) is 0. The lowest BCUT2D eigenvalue weighted by Gasteiger charge is -2.61. The number of hydrogen-bond donors (Lipinski definition) is 0. The maximum atomic E-state index is 2.69. The van der Waals surface area contributed by atoms with Crippen molar-refractivity contribution in [3.8, 4) is 0 Å². The Morgan fingerprint density at radius 3 is 1.53 bits per heavy atom. The molecule has 0 amide bonds. The molecule has 0 bridgehead atoms. The first-order valence-corrected chi connectivity index (χ1v) is 16.5. The van der Waals surface area contributed by atoms with E-state index in [1.54, 1.807) is 116 Å². The Hall–Kier alpha value is -0.260. The van der Waals surface area contributed by atoms with Crippen molar-refractivity contribution in [3.63, 3.8) is 0 Å². The van der Waals surface area contributed by atoms with Crippen LogP contribution in [0.5, 0.6) is 0 Å². The summed E-state index contributed by atoms with van der Waals surface area (Å²) in [6.45, 7) is 0. The van der Waals surface area contributed by atoms with Gasteiger partial charge in [-0.2, -0.15) is 0 Å². The lowest BCUT2D eigenvalue weighted by molar-refractivity contribution is -0.121. The second kappa shape index (κ2) is 9.89. The number of hydrogen-bond acceptors (Lipinski definition) is 0. The highest BCUT2D eigenvalue weighted by Gasteiger charge is 2.55. The van der Waals surface area contributed by atoms with E-state index in [0.717, 1.165) is 71.0 Å². The Morgan fingerprint density at radius 1 is 0.382 bits per heavy atom. The molecule has 0 nitrogen and oxygen atoms in total. The molecule has 34 heavy (non-hydrogen) atoms. The van der Waals surface area contributed by atoms with Gasteiger partial charge >= 0.3 is 0 Å². The van der Waals surface area contributed by atoms with E-state index in [9.17, 15) is 0 Å². The molecule has 0 saturated heterocycles. The van der Waals surface area contributed by atoms with Crippen molar-refractivity contribution in [2.45, 2.75) is 128 Å². The van der Waals surface area contributed by atoms with Gasteiger partial charge in [0.25, 0.3) is 0 Å². The fraction of sp³-hybridized carbons (Fsp3) is 0.941. The zero-order chi connectivity index (χ0) is 22.5. The van der Waals surface area contributed by atoms with Crippen LogP contribution in [-0.2, 0) is 0 Å². The minimum atomic E-state index is 0.955. The van der Waals surface area contributed by atoms with Gasteiger partial charge in [0.15, 0.2) is 0 Å². The fourth-order valence-corrected chi connectivity index (χ4v) is 12.4. The number of fused-ring (bicyclic) bond motifs is 4. The van der Waals surface area contributed by atoms with E-state index in [-0.39, 0.29) is 0 Å². The first-order chi connectivity index (χ1) is 16.9. The van der Waals surface area contributed by atoms with Crippen LogP contribution >= 0.6 is 0 Å².